The van der Waals surface area contributed by atoms with E-state index in [2.05, 4.69) is 4.98 Å². The number of fused-ring (bicyclic) bond motifs is 4. The smallest absolute Gasteiger partial charge is 0.264 e. The molecule has 1 aromatic carbocycles. The summed E-state index contributed by atoms with van der Waals surface area (Å²) in [6.07, 6.45) is 0. The van der Waals surface area contributed by atoms with Gasteiger partial charge in [0, 0.05) is 5.39 Å². The normalized spacial score (nSPS) is 11.6. The van der Waals surface area contributed by atoms with Gasteiger partial charge in [0.25, 0.3) is 5.56 Å². The Labute approximate surface area is 116 Å². The summed E-state index contributed by atoms with van der Waals surface area (Å²) in [5, 5.41) is 3.60. The van der Waals surface area contributed by atoms with Gasteiger partial charge in [-0.3, -0.25) is 9.20 Å². The average molecular weight is 284 g/mol. The molecule has 5 heteroatoms. The molecule has 0 saturated carbocycles. The minimum Gasteiger partial charge on any atom is -0.331 e. The van der Waals surface area contributed by atoms with Crippen molar-refractivity contribution in [3.05, 3.63) is 56.8 Å². The number of hydrogen-bond donors (Lipinski definition) is 1. The van der Waals surface area contributed by atoms with Crippen LogP contribution in [0.4, 0.5) is 0 Å². The van der Waals surface area contributed by atoms with E-state index in [0.29, 0.717) is 4.64 Å². The lowest BCUT2D eigenvalue weighted by atomic mass is 10.2. The summed E-state index contributed by atoms with van der Waals surface area (Å²) in [4.78, 5) is 15.8. The van der Waals surface area contributed by atoms with E-state index in [1.807, 2.05) is 41.8 Å². The van der Waals surface area contributed by atoms with Crippen molar-refractivity contribution < 1.29 is 0 Å². The summed E-state index contributed by atoms with van der Waals surface area (Å²) in [5.41, 5.74) is 1.60. The number of pyridine rings is 1. The first kappa shape index (κ1) is 10.9. The highest BCUT2D eigenvalue weighted by Gasteiger charge is 2.08. The fourth-order valence-corrected chi connectivity index (χ4v) is 3.54. The maximum Gasteiger partial charge on any atom is 0.264 e. The maximum atomic E-state index is 12.6. The quantitative estimate of drug-likeness (QED) is 0.394. The Balaban J connectivity index is 2.44. The van der Waals surface area contributed by atoms with E-state index in [1.54, 1.807) is 15.7 Å². The summed E-state index contributed by atoms with van der Waals surface area (Å²) in [7, 11) is 0. The molecule has 4 aromatic rings. The van der Waals surface area contributed by atoms with Gasteiger partial charge in [-0.1, -0.05) is 30.4 Å². The van der Waals surface area contributed by atoms with Crippen molar-refractivity contribution in [2.45, 2.75) is 0 Å². The Morgan fingerprint density at radius 3 is 2.95 bits per heavy atom. The van der Waals surface area contributed by atoms with E-state index in [9.17, 15) is 4.79 Å². The van der Waals surface area contributed by atoms with Crippen LogP contribution in [0.2, 0.25) is 0 Å². The van der Waals surface area contributed by atoms with Crippen LogP contribution < -0.4 is 5.56 Å². The second-order valence-corrected chi connectivity index (χ2v) is 5.67. The van der Waals surface area contributed by atoms with Gasteiger partial charge in [-0.2, -0.15) is 0 Å². The first-order valence-electron chi connectivity index (χ1n) is 5.80. The molecule has 0 bridgehead atoms. The van der Waals surface area contributed by atoms with Crippen molar-refractivity contribution in [2.24, 2.45) is 0 Å². The molecule has 3 nitrogen and oxygen atoms in total. The van der Waals surface area contributed by atoms with Gasteiger partial charge >= 0.3 is 0 Å². The van der Waals surface area contributed by atoms with E-state index >= 15 is 0 Å². The third-order valence-corrected chi connectivity index (χ3v) is 4.62. The highest BCUT2D eigenvalue weighted by molar-refractivity contribution is 7.71. The van der Waals surface area contributed by atoms with Gasteiger partial charge in [-0.15, -0.1) is 11.3 Å². The van der Waals surface area contributed by atoms with Crippen molar-refractivity contribution in [3.63, 3.8) is 0 Å². The van der Waals surface area contributed by atoms with Gasteiger partial charge in [0.15, 0.2) is 0 Å². The number of hydrogen-bond acceptors (Lipinski definition) is 3. The molecule has 0 aliphatic heterocycles. The zero-order valence-corrected chi connectivity index (χ0v) is 11.3. The van der Waals surface area contributed by atoms with Crippen LogP contribution in [-0.2, 0) is 0 Å². The average Bonchev–Trinajstić information content (AvgIpc) is 2.88. The topological polar surface area (TPSA) is 37.3 Å². The molecule has 0 aliphatic rings. The summed E-state index contributed by atoms with van der Waals surface area (Å²) >= 11 is 6.89. The Bertz CT molecular complexity index is 1060. The zero-order chi connectivity index (χ0) is 13.0. The van der Waals surface area contributed by atoms with Gasteiger partial charge < -0.3 is 4.98 Å². The third kappa shape index (κ3) is 1.42. The van der Waals surface area contributed by atoms with Crippen molar-refractivity contribution in [1.29, 1.82) is 0 Å². The van der Waals surface area contributed by atoms with E-state index < -0.39 is 0 Å². The van der Waals surface area contributed by atoms with Gasteiger partial charge in [0.05, 0.1) is 10.2 Å². The van der Waals surface area contributed by atoms with Gasteiger partial charge in [-0.05, 0) is 29.0 Å². The van der Waals surface area contributed by atoms with Crippen LogP contribution in [0.15, 0.2) is 46.6 Å². The molecule has 3 aromatic heterocycles. The van der Waals surface area contributed by atoms with E-state index in [0.717, 1.165) is 26.6 Å². The summed E-state index contributed by atoms with van der Waals surface area (Å²) in [6.45, 7) is 0. The van der Waals surface area contributed by atoms with Crippen LogP contribution in [0, 0.1) is 4.64 Å². The second-order valence-electron chi connectivity index (χ2n) is 4.35. The molecule has 0 amide bonds. The van der Waals surface area contributed by atoms with E-state index in [-0.39, 0.29) is 5.56 Å². The number of H-pyrrole nitrogens is 1. The molecule has 0 unspecified atom stereocenters. The second kappa shape index (κ2) is 3.76. The number of aromatic amines is 1. The number of rotatable bonds is 0. The zero-order valence-electron chi connectivity index (χ0n) is 9.71. The van der Waals surface area contributed by atoms with Crippen LogP contribution >= 0.6 is 23.6 Å². The third-order valence-electron chi connectivity index (χ3n) is 3.26. The summed E-state index contributed by atoms with van der Waals surface area (Å²) < 4.78 is 3.32. The Morgan fingerprint density at radius 2 is 2.05 bits per heavy atom. The number of aromatic nitrogens is 2. The molecule has 3 heterocycles. The van der Waals surface area contributed by atoms with Crippen LogP contribution in [-0.4, -0.2) is 9.38 Å². The van der Waals surface area contributed by atoms with Gasteiger partial charge in [-0.25, -0.2) is 0 Å². The molecule has 92 valence electrons. The number of nitrogens with one attached hydrogen (secondary N) is 1. The van der Waals surface area contributed by atoms with E-state index in [1.165, 1.54) is 0 Å². The predicted octanol–water partition coefficient (Wildman–Crippen LogP) is 3.72. The lowest BCUT2D eigenvalue weighted by molar-refractivity contribution is 1.12. The van der Waals surface area contributed by atoms with Crippen molar-refractivity contribution in [3.8, 4) is 0 Å². The van der Waals surface area contributed by atoms with Crippen molar-refractivity contribution >= 4 is 50.2 Å². The minimum absolute atomic E-state index is 0.0113. The van der Waals surface area contributed by atoms with Gasteiger partial charge in [0.1, 0.15) is 10.3 Å². The number of thiophene rings is 1. The van der Waals surface area contributed by atoms with Crippen LogP contribution in [0.5, 0.6) is 0 Å². The largest absolute Gasteiger partial charge is 0.331 e. The molecular formula is C14H8N2OS2. The number of nitrogens with zero attached hydrogens (tertiary/aromatic N) is 1. The highest BCUT2D eigenvalue weighted by Crippen LogP contribution is 2.22. The predicted molar refractivity (Wildman–Crippen MR) is 81.7 cm³/mol. The molecule has 0 saturated heterocycles. The molecule has 0 atom stereocenters. The molecule has 0 radical (unpaired) electrons. The van der Waals surface area contributed by atoms with Crippen LogP contribution in [0.1, 0.15) is 0 Å². The SMILES string of the molecule is O=c1c2ccccc2cc2[nH]c(=S)c3sccc3n12. The fourth-order valence-electron chi connectivity index (χ4n) is 2.41. The Hall–Kier alpha value is -1.98. The molecule has 4 rings (SSSR count). The highest BCUT2D eigenvalue weighted by atomic mass is 32.1. The van der Waals surface area contributed by atoms with E-state index in [4.69, 9.17) is 12.2 Å². The lowest BCUT2D eigenvalue weighted by Gasteiger charge is -2.05. The van der Waals surface area contributed by atoms with Crippen molar-refractivity contribution in [2.75, 3.05) is 0 Å². The standard InChI is InChI=1S/C14H8N2OS2/c17-14-9-4-2-1-3-8(9)7-11-15-13(18)12-10(16(11)14)5-6-19-12/h1-7H,(H,15,18). The van der Waals surface area contributed by atoms with Gasteiger partial charge in [0.2, 0.25) is 0 Å². The first-order chi connectivity index (χ1) is 9.25. The minimum atomic E-state index is -0.0113. The van der Waals surface area contributed by atoms with Crippen molar-refractivity contribution in [1.82, 2.24) is 9.38 Å². The molecule has 0 fully saturated rings. The molecular weight excluding hydrogens is 276 g/mol. The monoisotopic (exact) mass is 284 g/mol. The molecule has 19 heavy (non-hydrogen) atoms. The maximum absolute atomic E-state index is 12.6. The lowest BCUT2D eigenvalue weighted by Crippen LogP contribution is -2.15. The first-order valence-corrected chi connectivity index (χ1v) is 7.08. The summed E-state index contributed by atoms with van der Waals surface area (Å²) in [6, 6.07) is 11.5. The molecule has 0 aliphatic carbocycles. The summed E-state index contributed by atoms with van der Waals surface area (Å²) in [5.74, 6) is 0. The molecule has 1 N–H and O–H groups in total. The molecule has 0 spiro atoms. The Kier molecular flexibility index (Phi) is 2.15. The number of benzene rings is 1. The fraction of sp³-hybridized carbons (Fsp3) is 0. The Morgan fingerprint density at radius 1 is 1.21 bits per heavy atom. The van der Waals surface area contributed by atoms with Crippen LogP contribution in [0.25, 0.3) is 26.6 Å². The van der Waals surface area contributed by atoms with Crippen LogP contribution in [0.3, 0.4) is 0 Å².